The molecular weight excluding hydrogens is 452 g/mol. The Morgan fingerprint density at radius 1 is 1.03 bits per heavy atom. The van der Waals surface area contributed by atoms with Crippen molar-refractivity contribution in [2.24, 2.45) is 7.05 Å². The lowest BCUT2D eigenvalue weighted by Gasteiger charge is -2.40. The average molecular weight is 495 g/mol. The number of fused-ring (bicyclic) bond motifs is 2. The van der Waals surface area contributed by atoms with Gasteiger partial charge < -0.3 is 14.5 Å². The van der Waals surface area contributed by atoms with Crippen molar-refractivity contribution in [2.45, 2.75) is 90.2 Å². The van der Waals surface area contributed by atoms with E-state index in [2.05, 4.69) is 16.9 Å². The van der Waals surface area contributed by atoms with Gasteiger partial charge in [0.25, 0.3) is 11.8 Å². The van der Waals surface area contributed by atoms with E-state index < -0.39 is 0 Å². The maximum Gasteiger partial charge on any atom is 0.257 e. The monoisotopic (exact) mass is 494 g/mol. The van der Waals surface area contributed by atoms with Crippen LogP contribution in [0.15, 0.2) is 30.5 Å². The second kappa shape index (κ2) is 12.4. The maximum atomic E-state index is 13.9. The zero-order valence-corrected chi connectivity index (χ0v) is 22.2. The predicted molar refractivity (Wildman–Crippen MR) is 141 cm³/mol. The third kappa shape index (κ3) is 6.11. The Morgan fingerprint density at radius 3 is 2.50 bits per heavy atom. The molecule has 1 fully saturated rings. The zero-order chi connectivity index (χ0) is 25.5. The van der Waals surface area contributed by atoms with Crippen molar-refractivity contribution in [3.05, 3.63) is 47.3 Å². The lowest BCUT2D eigenvalue weighted by atomic mass is 9.90. The Morgan fingerprint density at radius 2 is 1.75 bits per heavy atom. The van der Waals surface area contributed by atoms with Gasteiger partial charge in [0, 0.05) is 32.9 Å². The first-order chi connectivity index (χ1) is 17.5. The Balaban J connectivity index is 1.68. The number of ether oxygens (including phenoxy) is 1. The molecule has 2 amide bonds. The van der Waals surface area contributed by atoms with Crippen molar-refractivity contribution in [1.82, 2.24) is 19.6 Å². The molecule has 1 saturated carbocycles. The molecule has 1 aliphatic carbocycles. The van der Waals surface area contributed by atoms with Gasteiger partial charge in [0.05, 0.1) is 22.9 Å². The summed E-state index contributed by atoms with van der Waals surface area (Å²) in [6.45, 7) is 6.27. The van der Waals surface area contributed by atoms with E-state index in [1.807, 2.05) is 49.3 Å². The third-order valence-corrected chi connectivity index (χ3v) is 7.58. The summed E-state index contributed by atoms with van der Waals surface area (Å²) in [5, 5.41) is 4.42. The molecule has 7 heteroatoms. The lowest BCUT2D eigenvalue weighted by Crippen LogP contribution is -2.51. The number of aromatic nitrogens is 2. The highest BCUT2D eigenvalue weighted by Crippen LogP contribution is 2.31. The summed E-state index contributed by atoms with van der Waals surface area (Å²) in [6, 6.07) is 7.63. The normalized spacial score (nSPS) is 22.1. The van der Waals surface area contributed by atoms with Crippen LogP contribution >= 0.6 is 0 Å². The van der Waals surface area contributed by atoms with E-state index in [-0.39, 0.29) is 24.0 Å². The first-order valence-corrected chi connectivity index (χ1v) is 13.9. The van der Waals surface area contributed by atoms with Gasteiger partial charge in [-0.3, -0.25) is 14.3 Å². The number of benzene rings is 1. The van der Waals surface area contributed by atoms with Crippen LogP contribution in [0.2, 0.25) is 0 Å². The number of hydrogen-bond acceptors (Lipinski definition) is 4. The molecule has 1 aliphatic heterocycles. The summed E-state index contributed by atoms with van der Waals surface area (Å²) in [6.07, 6.45) is 11.8. The highest BCUT2D eigenvalue weighted by atomic mass is 16.5. The van der Waals surface area contributed by atoms with E-state index in [0.717, 1.165) is 89.5 Å². The first kappa shape index (κ1) is 26.2. The number of para-hydroxylation sites is 1. The smallest absolute Gasteiger partial charge is 0.257 e. The number of rotatable bonds is 3. The van der Waals surface area contributed by atoms with E-state index in [1.54, 1.807) is 4.68 Å². The van der Waals surface area contributed by atoms with Crippen molar-refractivity contribution in [1.29, 1.82) is 0 Å². The second-order valence-corrected chi connectivity index (χ2v) is 10.4. The topological polar surface area (TPSA) is 67.7 Å². The Hall–Kier alpha value is -2.83. The minimum Gasteiger partial charge on any atom is -0.487 e. The van der Waals surface area contributed by atoms with Gasteiger partial charge in [-0.05, 0) is 57.6 Å². The summed E-state index contributed by atoms with van der Waals surface area (Å²) in [4.78, 5) is 31.5. The summed E-state index contributed by atoms with van der Waals surface area (Å²) >= 11 is 0. The first-order valence-electron chi connectivity index (χ1n) is 13.9. The molecule has 196 valence electrons. The molecule has 1 aromatic carbocycles. The van der Waals surface area contributed by atoms with E-state index in [9.17, 15) is 9.59 Å². The third-order valence-electron chi connectivity index (χ3n) is 7.58. The fourth-order valence-electron chi connectivity index (χ4n) is 5.73. The molecule has 2 heterocycles. The van der Waals surface area contributed by atoms with Gasteiger partial charge in [-0.25, -0.2) is 0 Å². The van der Waals surface area contributed by atoms with Gasteiger partial charge in [0.2, 0.25) is 0 Å². The van der Waals surface area contributed by atoms with Gasteiger partial charge in [-0.1, -0.05) is 44.7 Å². The van der Waals surface area contributed by atoms with Crippen molar-refractivity contribution < 1.29 is 14.3 Å². The summed E-state index contributed by atoms with van der Waals surface area (Å²) in [7, 11) is 1.86. The maximum absolute atomic E-state index is 13.9. The number of nitrogens with zero attached hydrogens (tertiary/aromatic N) is 4. The number of carbonyl (C=O) groups is 2. The molecule has 0 radical (unpaired) electrons. The average Bonchev–Trinajstić information content (AvgIpc) is 3.22. The molecule has 1 aromatic heterocycles. The largest absolute Gasteiger partial charge is 0.487 e. The molecule has 4 rings (SSSR count). The fourth-order valence-corrected chi connectivity index (χ4v) is 5.73. The lowest BCUT2D eigenvalue weighted by molar-refractivity contribution is 0.0269. The Bertz CT molecular complexity index is 1030. The van der Waals surface area contributed by atoms with E-state index >= 15 is 0 Å². The van der Waals surface area contributed by atoms with E-state index in [4.69, 9.17) is 4.74 Å². The van der Waals surface area contributed by atoms with E-state index in [1.165, 1.54) is 0 Å². The van der Waals surface area contributed by atoms with Crippen LogP contribution in [-0.4, -0.2) is 63.2 Å². The Kier molecular flexibility index (Phi) is 9.05. The number of aryl methyl sites for hydroxylation is 2. The van der Waals surface area contributed by atoms with Crippen molar-refractivity contribution >= 4 is 11.8 Å². The summed E-state index contributed by atoms with van der Waals surface area (Å²) < 4.78 is 8.38. The molecule has 0 spiro atoms. The number of amides is 2. The molecule has 0 unspecified atom stereocenters. The van der Waals surface area contributed by atoms with E-state index in [0.29, 0.717) is 16.9 Å². The fraction of sp³-hybridized carbons (Fsp3) is 0.621. The van der Waals surface area contributed by atoms with Crippen LogP contribution in [0.25, 0.3) is 0 Å². The minimum atomic E-state index is -0.140. The number of carbonyl (C=O) groups excluding carboxylic acids is 2. The Labute approximate surface area is 215 Å². The molecule has 0 N–H and O–H groups in total. The van der Waals surface area contributed by atoms with Crippen LogP contribution in [-0.2, 0) is 7.05 Å². The molecule has 0 saturated heterocycles. The highest BCUT2D eigenvalue weighted by Gasteiger charge is 2.36. The summed E-state index contributed by atoms with van der Waals surface area (Å²) in [5.74, 6) is 0.734. The molecule has 36 heavy (non-hydrogen) atoms. The van der Waals surface area contributed by atoms with Crippen LogP contribution in [0.3, 0.4) is 0 Å². The van der Waals surface area contributed by atoms with Crippen LogP contribution in [0.1, 0.15) is 97.5 Å². The molecule has 2 aliphatic rings. The van der Waals surface area contributed by atoms with Gasteiger partial charge >= 0.3 is 0 Å². The molecular formula is C29H42N4O3. The van der Waals surface area contributed by atoms with Gasteiger partial charge in [0.15, 0.2) is 0 Å². The van der Waals surface area contributed by atoms with Gasteiger partial charge in [-0.2, -0.15) is 5.10 Å². The molecule has 2 atom stereocenters. The molecule has 7 nitrogen and oxygen atoms in total. The molecule has 2 aromatic rings. The highest BCUT2D eigenvalue weighted by molar-refractivity contribution is 5.97. The van der Waals surface area contributed by atoms with Crippen LogP contribution in [0.4, 0.5) is 0 Å². The minimum absolute atomic E-state index is 0.0223. The van der Waals surface area contributed by atoms with Gasteiger partial charge in [-0.15, -0.1) is 0 Å². The number of hydrogen-bond donors (Lipinski definition) is 0. The van der Waals surface area contributed by atoms with Gasteiger partial charge in [0.1, 0.15) is 11.9 Å². The quantitative estimate of drug-likeness (QED) is 0.575. The van der Waals surface area contributed by atoms with Crippen molar-refractivity contribution in [3.8, 4) is 5.75 Å². The SMILES string of the molecule is CCCN1CCCCCCCN(C(=O)c2cn(C)nc2C)[C@@H]2CCCC[C@@H]2Oc2ccccc2C1=O. The second-order valence-electron chi connectivity index (χ2n) is 10.4. The van der Waals surface area contributed by atoms with Crippen LogP contribution < -0.4 is 4.74 Å². The van der Waals surface area contributed by atoms with Crippen molar-refractivity contribution in [3.63, 3.8) is 0 Å². The van der Waals surface area contributed by atoms with Crippen LogP contribution in [0.5, 0.6) is 5.75 Å². The summed E-state index contributed by atoms with van der Waals surface area (Å²) in [5.41, 5.74) is 2.07. The van der Waals surface area contributed by atoms with Crippen molar-refractivity contribution in [2.75, 3.05) is 19.6 Å². The standard InChI is InChI=1S/C29H42N4O3/c1-4-18-32-19-12-6-5-7-13-20-33(29(35)24-21-31(3)30-22(24)2)25-15-9-11-17-27(25)36-26-16-10-8-14-23(26)28(32)34/h8,10,14,16,21,25,27H,4-7,9,11-13,15,17-20H2,1-3H3/t25-,27+/m1/s1. The van der Waals surface area contributed by atoms with Crippen LogP contribution in [0, 0.1) is 6.92 Å². The predicted octanol–water partition coefficient (Wildman–Crippen LogP) is 5.38. The molecule has 0 bridgehead atoms. The zero-order valence-electron chi connectivity index (χ0n) is 22.2.